The Bertz CT molecular complexity index is 452. The summed E-state index contributed by atoms with van der Waals surface area (Å²) in [6, 6.07) is 0. The maximum Gasteiger partial charge on any atom is 0.0160 e. The average molecular weight is 637 g/mol. The molecule has 0 aliphatic carbocycles. The van der Waals surface area contributed by atoms with Crippen molar-refractivity contribution in [3.63, 3.8) is 0 Å². The molecule has 2 nitrogen and oxygen atoms in total. The first-order valence-corrected chi connectivity index (χ1v) is 21.3. The van der Waals surface area contributed by atoms with Crippen molar-refractivity contribution < 1.29 is 0 Å². The van der Waals surface area contributed by atoms with Gasteiger partial charge in [-0.15, -0.1) is 0 Å². The first kappa shape index (κ1) is 49.1. The van der Waals surface area contributed by atoms with E-state index in [-0.39, 0.29) is 0 Å². The number of rotatable bonds is 35. The average Bonchev–Trinajstić information content (AvgIpc) is 3.06. The highest BCUT2D eigenvalue weighted by atomic mass is 15.1. The maximum atomic E-state index is 3.63. The van der Waals surface area contributed by atoms with E-state index in [0.29, 0.717) is 0 Å². The molecule has 274 valence electrons. The summed E-state index contributed by atoms with van der Waals surface area (Å²) in [5.41, 5.74) is 0. The van der Waals surface area contributed by atoms with Gasteiger partial charge in [-0.25, -0.2) is 0 Å². The Hall–Kier alpha value is -0.340. The van der Waals surface area contributed by atoms with Gasteiger partial charge in [-0.05, 0) is 52.4 Å². The Morgan fingerprint density at radius 3 is 0.978 bits per heavy atom. The predicted molar refractivity (Wildman–Crippen MR) is 212 cm³/mol. The fraction of sp³-hybridized carbons (Fsp3) is 0.953. The molecule has 0 saturated heterocycles. The van der Waals surface area contributed by atoms with Gasteiger partial charge in [-0.3, -0.25) is 0 Å². The van der Waals surface area contributed by atoms with Gasteiger partial charge in [0.1, 0.15) is 0 Å². The quantitative estimate of drug-likeness (QED) is 0.0550. The van der Waals surface area contributed by atoms with Gasteiger partial charge in [0, 0.05) is 6.54 Å². The highest BCUT2D eigenvalue weighted by molar-refractivity contribution is 4.82. The minimum atomic E-state index is 1.12. The molecule has 45 heavy (non-hydrogen) atoms. The summed E-state index contributed by atoms with van der Waals surface area (Å²) in [5, 5.41) is 3.63. The smallest absolute Gasteiger partial charge is 0.0160 e. The fourth-order valence-corrected chi connectivity index (χ4v) is 5.80. The van der Waals surface area contributed by atoms with E-state index < -0.39 is 0 Å². The number of unbranched alkanes of at least 4 members (excludes halogenated alkanes) is 26. The van der Waals surface area contributed by atoms with Crippen molar-refractivity contribution >= 4 is 0 Å². The molecule has 0 bridgehead atoms. The highest BCUT2D eigenvalue weighted by Crippen LogP contribution is 2.12. The van der Waals surface area contributed by atoms with Crippen molar-refractivity contribution in [3.8, 4) is 0 Å². The molecule has 0 aliphatic heterocycles. The number of nitrogens with zero attached hydrogens (tertiary/aromatic N) is 1. The lowest BCUT2D eigenvalue weighted by Crippen LogP contribution is -2.19. The first-order valence-electron chi connectivity index (χ1n) is 21.3. The Balaban J connectivity index is -0.000000761. The fourth-order valence-electron chi connectivity index (χ4n) is 5.80. The second-order valence-electron chi connectivity index (χ2n) is 13.6. The van der Waals surface area contributed by atoms with Crippen LogP contribution in [0.2, 0.25) is 0 Å². The molecule has 0 atom stereocenters. The lowest BCUT2D eigenvalue weighted by atomic mass is 10.1. The molecule has 0 aromatic carbocycles. The van der Waals surface area contributed by atoms with Gasteiger partial charge in [-0.2, -0.15) is 0 Å². The van der Waals surface area contributed by atoms with E-state index in [1.165, 1.54) is 206 Å². The van der Waals surface area contributed by atoms with Crippen LogP contribution in [-0.4, -0.2) is 38.1 Å². The third-order valence-corrected chi connectivity index (χ3v) is 8.88. The number of hydrogen-bond acceptors (Lipinski definition) is 2. The SMILES string of the molecule is CC.CCC=CCN(C)CCCCCCCCCCCC.CCCCCCCCCCCCNCCCCCCCCCCC. The zero-order chi connectivity index (χ0) is 33.7. The minimum absolute atomic E-state index is 1.12. The molecule has 0 aliphatic rings. The van der Waals surface area contributed by atoms with Gasteiger partial charge in [0.15, 0.2) is 0 Å². The summed E-state index contributed by atoms with van der Waals surface area (Å²) in [4.78, 5) is 2.43. The van der Waals surface area contributed by atoms with Gasteiger partial charge >= 0.3 is 0 Å². The van der Waals surface area contributed by atoms with Crippen LogP contribution in [0.25, 0.3) is 0 Å². The van der Waals surface area contributed by atoms with Crippen LogP contribution in [-0.2, 0) is 0 Å². The predicted octanol–water partition coefficient (Wildman–Crippen LogP) is 14.9. The molecule has 0 heterocycles. The molecule has 0 amide bonds. The molecule has 2 heteroatoms. The second-order valence-corrected chi connectivity index (χ2v) is 13.6. The van der Waals surface area contributed by atoms with Gasteiger partial charge in [0.2, 0.25) is 0 Å². The van der Waals surface area contributed by atoms with E-state index in [2.05, 4.69) is 57.1 Å². The highest BCUT2D eigenvalue weighted by Gasteiger charge is 1.97. The summed E-state index contributed by atoms with van der Waals surface area (Å²) in [6.07, 6.45) is 47.3. The molecule has 0 radical (unpaired) electrons. The number of likely N-dealkylation sites (N-methyl/N-ethyl adjacent to an activating group) is 1. The molecular formula is C43H92N2. The van der Waals surface area contributed by atoms with Crippen LogP contribution in [0.15, 0.2) is 12.2 Å². The van der Waals surface area contributed by atoms with E-state index >= 15 is 0 Å². The Morgan fingerprint density at radius 2 is 0.667 bits per heavy atom. The van der Waals surface area contributed by atoms with Crippen molar-refractivity contribution in [2.75, 3.05) is 33.2 Å². The van der Waals surface area contributed by atoms with E-state index in [9.17, 15) is 0 Å². The van der Waals surface area contributed by atoms with Crippen LogP contribution < -0.4 is 5.32 Å². The molecule has 0 unspecified atom stereocenters. The van der Waals surface area contributed by atoms with Crippen molar-refractivity contribution in [2.45, 2.75) is 234 Å². The van der Waals surface area contributed by atoms with Crippen molar-refractivity contribution in [3.05, 3.63) is 12.2 Å². The number of allylic oxidation sites excluding steroid dienone is 1. The monoisotopic (exact) mass is 637 g/mol. The first-order chi connectivity index (χ1) is 22.2. The lowest BCUT2D eigenvalue weighted by molar-refractivity contribution is 0.355. The molecule has 0 fully saturated rings. The molecule has 0 aromatic rings. The largest absolute Gasteiger partial charge is 0.317 e. The van der Waals surface area contributed by atoms with Crippen LogP contribution in [0, 0.1) is 0 Å². The van der Waals surface area contributed by atoms with Crippen LogP contribution in [0.3, 0.4) is 0 Å². The van der Waals surface area contributed by atoms with Gasteiger partial charge in [0.05, 0.1) is 0 Å². The summed E-state index contributed by atoms with van der Waals surface area (Å²) in [7, 11) is 2.23. The topological polar surface area (TPSA) is 15.3 Å². The van der Waals surface area contributed by atoms with E-state index in [1.54, 1.807) is 0 Å². The number of hydrogen-bond donors (Lipinski definition) is 1. The standard InChI is InChI=1S/C23H49N.C18H37N.C2H6/c1-3-5-7-9-11-13-15-17-19-21-23-24-22-20-18-16-14-12-10-8-6-4-2;1-4-6-8-9-10-11-12-13-14-16-18-19(3)17-15-7-5-2;1-2/h24H,3-23H2,1-2H3;7,15H,4-6,8-14,16-18H2,1-3H3;1-2H3. The summed E-state index contributed by atoms with van der Waals surface area (Å²) in [6.45, 7) is 17.9. The van der Waals surface area contributed by atoms with Crippen molar-refractivity contribution in [1.82, 2.24) is 10.2 Å². The van der Waals surface area contributed by atoms with Crippen molar-refractivity contribution in [2.24, 2.45) is 0 Å². The van der Waals surface area contributed by atoms with Crippen LogP contribution >= 0.6 is 0 Å². The lowest BCUT2D eigenvalue weighted by Gasteiger charge is -2.13. The molecule has 0 saturated carbocycles. The van der Waals surface area contributed by atoms with Gasteiger partial charge < -0.3 is 10.2 Å². The van der Waals surface area contributed by atoms with Crippen LogP contribution in [0.4, 0.5) is 0 Å². The van der Waals surface area contributed by atoms with Gasteiger partial charge in [0.25, 0.3) is 0 Å². The van der Waals surface area contributed by atoms with E-state index in [4.69, 9.17) is 0 Å². The third-order valence-electron chi connectivity index (χ3n) is 8.88. The Labute approximate surface area is 289 Å². The summed E-state index contributed by atoms with van der Waals surface area (Å²) >= 11 is 0. The Kier molecular flexibility index (Phi) is 55.1. The van der Waals surface area contributed by atoms with Crippen LogP contribution in [0.5, 0.6) is 0 Å². The maximum absolute atomic E-state index is 3.63. The van der Waals surface area contributed by atoms with Crippen molar-refractivity contribution in [1.29, 1.82) is 0 Å². The summed E-state index contributed by atoms with van der Waals surface area (Å²) < 4.78 is 0. The normalized spacial score (nSPS) is 11.1. The number of nitrogens with one attached hydrogen (secondary N) is 1. The zero-order valence-electron chi connectivity index (χ0n) is 33.1. The second kappa shape index (κ2) is 50.5. The molecule has 0 aromatic heterocycles. The van der Waals surface area contributed by atoms with E-state index in [0.717, 1.165) is 13.0 Å². The minimum Gasteiger partial charge on any atom is -0.317 e. The van der Waals surface area contributed by atoms with Gasteiger partial charge in [-0.1, -0.05) is 221 Å². The van der Waals surface area contributed by atoms with E-state index in [1.807, 2.05) is 13.8 Å². The summed E-state index contributed by atoms with van der Waals surface area (Å²) in [5.74, 6) is 0. The zero-order valence-corrected chi connectivity index (χ0v) is 33.1. The molecule has 0 rings (SSSR count). The third kappa shape index (κ3) is 53.4. The van der Waals surface area contributed by atoms with Crippen LogP contribution in [0.1, 0.15) is 234 Å². The molecule has 0 spiro atoms. The Morgan fingerprint density at radius 1 is 0.378 bits per heavy atom. The molecule has 1 N–H and O–H groups in total. The molecular weight excluding hydrogens is 544 g/mol.